The van der Waals surface area contributed by atoms with Crippen LogP contribution in [-0.4, -0.2) is 70.2 Å². The first-order valence-corrected chi connectivity index (χ1v) is 20.3. The van der Waals surface area contributed by atoms with Crippen molar-refractivity contribution in [1.82, 2.24) is 49.3 Å². The van der Waals surface area contributed by atoms with Gasteiger partial charge in [0.1, 0.15) is 17.1 Å². The van der Waals surface area contributed by atoms with Crippen LogP contribution in [0.25, 0.3) is 43.9 Å². The van der Waals surface area contributed by atoms with Crippen molar-refractivity contribution >= 4 is 67.3 Å². The van der Waals surface area contributed by atoms with Crippen molar-refractivity contribution in [2.24, 2.45) is 10.8 Å². The van der Waals surface area contributed by atoms with Gasteiger partial charge in [-0.25, -0.2) is 15.0 Å². The maximum atomic E-state index is 5.84. The number of nitrogens with two attached hydrogens (primary N) is 1. The molecule has 4 N–H and O–H groups in total. The molecule has 7 aromatic heterocycles. The van der Waals surface area contributed by atoms with Gasteiger partial charge in [-0.05, 0) is 86.5 Å². The fourth-order valence-corrected chi connectivity index (χ4v) is 9.11. The molecule has 3 fully saturated rings. The van der Waals surface area contributed by atoms with E-state index < -0.39 is 0 Å². The molecule has 0 aromatic carbocycles. The Kier molecular flexibility index (Phi) is 9.43. The van der Waals surface area contributed by atoms with E-state index in [4.69, 9.17) is 10.7 Å². The molecule has 56 heavy (non-hydrogen) atoms. The summed E-state index contributed by atoms with van der Waals surface area (Å²) in [4.78, 5) is 34.0. The number of fused-ring (bicyclic) bond motifs is 6. The largest absolute Gasteiger partial charge is 0.368 e. The summed E-state index contributed by atoms with van der Waals surface area (Å²) in [6.07, 6.45) is 22.9. The lowest BCUT2D eigenvalue weighted by Crippen LogP contribution is -2.43. The normalized spacial score (nSPS) is 19.0. The van der Waals surface area contributed by atoms with Crippen LogP contribution < -0.4 is 21.3 Å². The van der Waals surface area contributed by atoms with Crippen LogP contribution in [0, 0.1) is 10.8 Å². The topological polar surface area (TPSA) is 153 Å². The van der Waals surface area contributed by atoms with Gasteiger partial charge in [0.25, 0.3) is 0 Å². The monoisotopic (exact) mass is 751 g/mol. The first-order chi connectivity index (χ1) is 27.1. The van der Waals surface area contributed by atoms with Gasteiger partial charge in [-0.3, -0.25) is 9.97 Å². The average Bonchev–Trinajstić information content (AvgIpc) is 3.71. The van der Waals surface area contributed by atoms with E-state index in [0.717, 1.165) is 89.0 Å². The van der Waals surface area contributed by atoms with Crippen LogP contribution in [0.1, 0.15) is 91.1 Å². The Balaban J connectivity index is 0.000000161. The maximum Gasteiger partial charge on any atom is 0.230 e. The number of rotatable bonds is 5. The number of nitrogen functional groups attached to an aromatic ring is 1. The number of anilines is 4. The highest BCUT2D eigenvalue weighted by Gasteiger charge is 2.31. The molecule has 8 heterocycles. The van der Waals surface area contributed by atoms with Gasteiger partial charge in [-0.15, -0.1) is 0 Å². The average molecular weight is 752 g/mol. The van der Waals surface area contributed by atoms with Gasteiger partial charge in [0.05, 0.1) is 35.3 Å². The summed E-state index contributed by atoms with van der Waals surface area (Å²) in [6.45, 7) is 13.5. The predicted molar refractivity (Wildman–Crippen MR) is 225 cm³/mol. The van der Waals surface area contributed by atoms with Gasteiger partial charge in [0.15, 0.2) is 0 Å². The lowest BCUT2D eigenvalue weighted by atomic mass is 9.75. The van der Waals surface area contributed by atoms with Crippen molar-refractivity contribution < 1.29 is 0 Å². The van der Waals surface area contributed by atoms with Crippen molar-refractivity contribution in [2.45, 2.75) is 91.1 Å². The molecule has 0 atom stereocenters. The third kappa shape index (κ3) is 7.08. The Hall–Kier alpha value is -5.43. The van der Waals surface area contributed by atoms with Crippen molar-refractivity contribution in [3.8, 4) is 0 Å². The van der Waals surface area contributed by atoms with E-state index in [1.165, 1.54) is 43.9 Å². The van der Waals surface area contributed by atoms with E-state index >= 15 is 0 Å². The molecule has 1 saturated heterocycles. The van der Waals surface area contributed by atoms with E-state index in [9.17, 15) is 0 Å². The fraction of sp³-hybridized carbons (Fsp3) is 0.465. The maximum absolute atomic E-state index is 5.84. The SMILES string of the molecule is CC1(C)CCC(n2c3cnccc3c3cnc(N)nc32)CC1.CC1(C)CCC(n2c3cnccc3c3cnc(Nc4ccc(N5CCNCC5)cn4)nc32)CC1. The molecular formula is C43H53N13. The summed E-state index contributed by atoms with van der Waals surface area (Å²) in [5.41, 5.74) is 12.1. The molecule has 290 valence electrons. The fourth-order valence-electron chi connectivity index (χ4n) is 9.11. The van der Waals surface area contributed by atoms with Crippen LogP contribution in [0.3, 0.4) is 0 Å². The summed E-state index contributed by atoms with van der Waals surface area (Å²) in [6, 6.07) is 9.14. The summed E-state index contributed by atoms with van der Waals surface area (Å²) < 4.78 is 4.74. The molecule has 13 nitrogen and oxygen atoms in total. The van der Waals surface area contributed by atoms with E-state index in [2.05, 4.69) is 94.4 Å². The number of aromatic nitrogens is 9. The van der Waals surface area contributed by atoms with E-state index in [1.54, 1.807) is 0 Å². The Morgan fingerprint density at radius 1 is 0.643 bits per heavy atom. The molecule has 0 unspecified atom stereocenters. The second-order valence-corrected chi connectivity index (χ2v) is 17.5. The van der Waals surface area contributed by atoms with Crippen LogP contribution in [0.2, 0.25) is 0 Å². The van der Waals surface area contributed by atoms with Gasteiger partial charge in [0.2, 0.25) is 11.9 Å². The highest BCUT2D eigenvalue weighted by atomic mass is 15.2. The quantitative estimate of drug-likeness (QED) is 0.155. The molecule has 7 aromatic rings. The number of pyridine rings is 3. The molecule has 0 bridgehead atoms. The molecule has 0 amide bonds. The Morgan fingerprint density at radius 2 is 1.20 bits per heavy atom. The minimum atomic E-state index is 0.334. The van der Waals surface area contributed by atoms with Crippen LogP contribution in [-0.2, 0) is 0 Å². The Bertz CT molecular complexity index is 2470. The molecule has 0 spiro atoms. The predicted octanol–water partition coefficient (Wildman–Crippen LogP) is 8.37. The lowest BCUT2D eigenvalue weighted by molar-refractivity contribution is 0.198. The minimum Gasteiger partial charge on any atom is -0.368 e. The van der Waals surface area contributed by atoms with Crippen molar-refractivity contribution in [3.63, 3.8) is 0 Å². The Labute approximate surface area is 327 Å². The lowest BCUT2D eigenvalue weighted by Gasteiger charge is -2.35. The number of nitrogens with zero attached hydrogens (tertiary/aromatic N) is 10. The molecule has 13 heteroatoms. The highest BCUT2D eigenvalue weighted by molar-refractivity contribution is 6.07. The molecule has 2 aliphatic carbocycles. The van der Waals surface area contributed by atoms with Gasteiger partial charge >= 0.3 is 0 Å². The highest BCUT2D eigenvalue weighted by Crippen LogP contribution is 2.44. The van der Waals surface area contributed by atoms with Crippen molar-refractivity contribution in [2.75, 3.05) is 42.1 Å². The van der Waals surface area contributed by atoms with Crippen LogP contribution >= 0.6 is 0 Å². The third-order valence-corrected chi connectivity index (χ3v) is 12.5. The summed E-state index contributed by atoms with van der Waals surface area (Å²) >= 11 is 0. The van der Waals surface area contributed by atoms with Crippen LogP contribution in [0.15, 0.2) is 67.6 Å². The first kappa shape index (κ1) is 36.2. The third-order valence-electron chi connectivity index (χ3n) is 12.5. The van der Waals surface area contributed by atoms with E-state index in [-0.39, 0.29) is 0 Å². The number of piperazine rings is 1. The molecule has 1 aliphatic heterocycles. The zero-order chi connectivity index (χ0) is 38.4. The van der Waals surface area contributed by atoms with Gasteiger partial charge in [-0.2, -0.15) is 9.97 Å². The number of nitrogens with one attached hydrogen (secondary N) is 2. The zero-order valence-electron chi connectivity index (χ0n) is 33.0. The van der Waals surface area contributed by atoms with Gasteiger partial charge in [-0.1, -0.05) is 27.7 Å². The number of hydrogen-bond donors (Lipinski definition) is 3. The molecular weight excluding hydrogens is 699 g/mol. The molecule has 3 aliphatic rings. The summed E-state index contributed by atoms with van der Waals surface area (Å²) in [7, 11) is 0. The zero-order valence-corrected chi connectivity index (χ0v) is 33.0. The molecule has 10 rings (SSSR count). The van der Waals surface area contributed by atoms with Gasteiger partial charge < -0.3 is 30.4 Å². The summed E-state index contributed by atoms with van der Waals surface area (Å²) in [5.74, 6) is 1.66. The standard InChI is InChI=1S/C26H32N8.C17H21N5/c1-26(2)8-5-18(6-9-26)34-22-17-28-10-7-20(22)21-16-30-25(32-24(21)34)31-23-4-3-19(15-29-23)33-13-11-27-12-14-33;1-17(2)6-3-11(4-7-17)22-14-10-19-8-5-12(14)13-9-20-16(18)21-15(13)22/h3-4,7,10,15-18,27H,5-6,8-9,11-14H2,1-2H3,(H,29,30,31,32);5,8-11H,3-4,6-7H2,1-2H3,(H2,18,20,21). The van der Waals surface area contributed by atoms with E-state index in [1.807, 2.05) is 55.5 Å². The van der Waals surface area contributed by atoms with E-state index in [0.29, 0.717) is 34.8 Å². The second-order valence-electron chi connectivity index (χ2n) is 17.5. The molecule has 0 radical (unpaired) electrons. The molecule has 2 saturated carbocycles. The van der Waals surface area contributed by atoms with Crippen LogP contribution in [0.4, 0.5) is 23.4 Å². The van der Waals surface area contributed by atoms with Gasteiger partial charge in [0, 0.05) is 84.6 Å². The van der Waals surface area contributed by atoms with Crippen LogP contribution in [0.5, 0.6) is 0 Å². The minimum absolute atomic E-state index is 0.334. The van der Waals surface area contributed by atoms with Crippen molar-refractivity contribution in [3.05, 3.63) is 67.6 Å². The second kappa shape index (κ2) is 14.6. The number of hydrogen-bond acceptors (Lipinski definition) is 11. The Morgan fingerprint density at radius 3 is 1.75 bits per heavy atom. The van der Waals surface area contributed by atoms with Crippen molar-refractivity contribution in [1.29, 1.82) is 0 Å². The summed E-state index contributed by atoms with van der Waals surface area (Å²) in [5, 5.41) is 11.2. The smallest absolute Gasteiger partial charge is 0.230 e. The first-order valence-electron chi connectivity index (χ1n) is 20.3.